The Labute approximate surface area is 142 Å². The van der Waals surface area contributed by atoms with E-state index in [1.807, 2.05) is 45.3 Å². The number of hydrogen-bond acceptors (Lipinski definition) is 2. The van der Waals surface area contributed by atoms with E-state index in [0.717, 1.165) is 29.8 Å². The van der Waals surface area contributed by atoms with Crippen molar-refractivity contribution in [3.05, 3.63) is 71.6 Å². The minimum Gasteiger partial charge on any atom is -0.323 e. The Balaban J connectivity index is 1.96. The van der Waals surface area contributed by atoms with Crippen LogP contribution in [0.15, 0.2) is 54.6 Å². The van der Waals surface area contributed by atoms with Crippen molar-refractivity contribution in [1.29, 1.82) is 0 Å². The van der Waals surface area contributed by atoms with Crippen LogP contribution in [-0.2, 0) is 11.2 Å². The summed E-state index contributed by atoms with van der Waals surface area (Å²) in [5.74, 6) is -0.483. The Hall–Kier alpha value is -2.46. The SMILES string of the molecule is C/C(=C/C(=O)Nc1ccc(CCN(C)C)cc1)c1ccc(F)cc1. The van der Waals surface area contributed by atoms with Gasteiger partial charge in [0.2, 0.25) is 5.91 Å². The predicted octanol–water partition coefficient (Wildman–Crippen LogP) is 3.97. The zero-order chi connectivity index (χ0) is 17.5. The minimum absolute atomic E-state index is 0.196. The monoisotopic (exact) mass is 326 g/mol. The van der Waals surface area contributed by atoms with Crippen molar-refractivity contribution in [2.45, 2.75) is 13.3 Å². The zero-order valence-corrected chi connectivity index (χ0v) is 14.3. The van der Waals surface area contributed by atoms with Crippen molar-refractivity contribution in [3.63, 3.8) is 0 Å². The number of benzene rings is 2. The van der Waals surface area contributed by atoms with E-state index in [2.05, 4.69) is 10.2 Å². The second-order valence-corrected chi connectivity index (χ2v) is 6.07. The van der Waals surface area contributed by atoms with Crippen LogP contribution >= 0.6 is 0 Å². The van der Waals surface area contributed by atoms with E-state index in [1.165, 1.54) is 23.8 Å². The fourth-order valence-electron chi connectivity index (χ4n) is 2.28. The van der Waals surface area contributed by atoms with E-state index in [4.69, 9.17) is 0 Å². The van der Waals surface area contributed by atoms with E-state index < -0.39 is 0 Å². The van der Waals surface area contributed by atoms with Gasteiger partial charge in [0.15, 0.2) is 0 Å². The fourth-order valence-corrected chi connectivity index (χ4v) is 2.28. The lowest BCUT2D eigenvalue weighted by Crippen LogP contribution is -2.15. The van der Waals surface area contributed by atoms with Crippen LogP contribution in [0.5, 0.6) is 0 Å². The highest BCUT2D eigenvalue weighted by Crippen LogP contribution is 2.15. The quantitative estimate of drug-likeness (QED) is 0.815. The molecule has 0 bridgehead atoms. The molecule has 0 saturated heterocycles. The topological polar surface area (TPSA) is 32.3 Å². The molecule has 0 radical (unpaired) electrons. The molecule has 2 aromatic carbocycles. The fraction of sp³-hybridized carbons (Fsp3) is 0.250. The maximum absolute atomic E-state index is 12.9. The lowest BCUT2D eigenvalue weighted by molar-refractivity contribution is -0.111. The Morgan fingerprint density at radius 1 is 1.08 bits per heavy atom. The van der Waals surface area contributed by atoms with Crippen LogP contribution in [0.4, 0.5) is 10.1 Å². The van der Waals surface area contributed by atoms with Crippen LogP contribution < -0.4 is 5.32 Å². The molecule has 0 saturated carbocycles. The average Bonchev–Trinajstić information content (AvgIpc) is 2.54. The van der Waals surface area contributed by atoms with Gasteiger partial charge in [0, 0.05) is 18.3 Å². The molecule has 126 valence electrons. The Kier molecular flexibility index (Phi) is 6.27. The highest BCUT2D eigenvalue weighted by Gasteiger charge is 2.03. The number of amides is 1. The molecule has 1 amide bonds. The maximum Gasteiger partial charge on any atom is 0.248 e. The molecular weight excluding hydrogens is 303 g/mol. The number of hydrogen-bond donors (Lipinski definition) is 1. The van der Waals surface area contributed by atoms with Crippen LogP contribution in [0.25, 0.3) is 5.57 Å². The molecule has 0 aromatic heterocycles. The average molecular weight is 326 g/mol. The first-order valence-corrected chi connectivity index (χ1v) is 7.93. The molecule has 0 spiro atoms. The molecule has 3 nitrogen and oxygen atoms in total. The van der Waals surface area contributed by atoms with Gasteiger partial charge < -0.3 is 10.2 Å². The van der Waals surface area contributed by atoms with Gasteiger partial charge in [-0.2, -0.15) is 0 Å². The molecule has 0 aliphatic rings. The Bertz CT molecular complexity index is 703. The van der Waals surface area contributed by atoms with Crippen molar-refractivity contribution in [2.75, 3.05) is 26.0 Å². The number of anilines is 1. The molecular formula is C20H23FN2O. The van der Waals surface area contributed by atoms with E-state index in [0.29, 0.717) is 0 Å². The maximum atomic E-state index is 12.9. The molecule has 0 fully saturated rings. The first-order valence-electron chi connectivity index (χ1n) is 7.93. The van der Waals surface area contributed by atoms with Crippen molar-refractivity contribution in [3.8, 4) is 0 Å². The first kappa shape index (κ1) is 17.9. The smallest absolute Gasteiger partial charge is 0.248 e. The summed E-state index contributed by atoms with van der Waals surface area (Å²) in [5.41, 5.74) is 3.61. The highest BCUT2D eigenvalue weighted by molar-refractivity contribution is 6.03. The summed E-state index contributed by atoms with van der Waals surface area (Å²) in [5, 5.41) is 2.85. The molecule has 0 aliphatic carbocycles. The predicted molar refractivity (Wildman–Crippen MR) is 97.4 cm³/mol. The number of allylic oxidation sites excluding steroid dienone is 1. The first-order chi connectivity index (χ1) is 11.4. The zero-order valence-electron chi connectivity index (χ0n) is 14.3. The van der Waals surface area contributed by atoms with Gasteiger partial charge in [0.05, 0.1) is 0 Å². The van der Waals surface area contributed by atoms with Crippen molar-refractivity contribution < 1.29 is 9.18 Å². The number of nitrogens with one attached hydrogen (secondary N) is 1. The van der Waals surface area contributed by atoms with Gasteiger partial charge in [0.1, 0.15) is 5.82 Å². The second kappa shape index (κ2) is 8.41. The number of carbonyl (C=O) groups excluding carboxylic acids is 1. The van der Waals surface area contributed by atoms with Crippen molar-refractivity contribution in [1.82, 2.24) is 4.90 Å². The molecule has 24 heavy (non-hydrogen) atoms. The Morgan fingerprint density at radius 2 is 1.71 bits per heavy atom. The molecule has 4 heteroatoms. The van der Waals surface area contributed by atoms with Crippen LogP contribution in [-0.4, -0.2) is 31.4 Å². The van der Waals surface area contributed by atoms with Crippen molar-refractivity contribution in [2.24, 2.45) is 0 Å². The summed E-state index contributed by atoms with van der Waals surface area (Å²) in [7, 11) is 4.09. The van der Waals surface area contributed by atoms with Gasteiger partial charge in [-0.25, -0.2) is 4.39 Å². The second-order valence-electron chi connectivity index (χ2n) is 6.07. The van der Waals surface area contributed by atoms with Gasteiger partial charge in [-0.3, -0.25) is 4.79 Å². The molecule has 0 atom stereocenters. The summed E-state index contributed by atoms with van der Waals surface area (Å²) in [6, 6.07) is 14.0. The van der Waals surface area contributed by atoms with E-state index >= 15 is 0 Å². The van der Waals surface area contributed by atoms with E-state index in [9.17, 15) is 9.18 Å². The summed E-state index contributed by atoms with van der Waals surface area (Å²) in [4.78, 5) is 14.2. The summed E-state index contributed by atoms with van der Waals surface area (Å²) < 4.78 is 12.9. The van der Waals surface area contributed by atoms with Gasteiger partial charge in [-0.1, -0.05) is 24.3 Å². The lowest BCUT2D eigenvalue weighted by Gasteiger charge is -2.10. The molecule has 2 rings (SSSR count). The normalized spacial score (nSPS) is 11.6. The molecule has 0 heterocycles. The van der Waals surface area contributed by atoms with Crippen LogP contribution in [0, 0.1) is 5.82 Å². The number of rotatable bonds is 6. The van der Waals surface area contributed by atoms with Gasteiger partial charge in [-0.15, -0.1) is 0 Å². The van der Waals surface area contributed by atoms with Crippen LogP contribution in [0.1, 0.15) is 18.1 Å². The molecule has 2 aromatic rings. The largest absolute Gasteiger partial charge is 0.323 e. The van der Waals surface area contributed by atoms with Crippen LogP contribution in [0.3, 0.4) is 0 Å². The summed E-state index contributed by atoms with van der Waals surface area (Å²) >= 11 is 0. The molecule has 0 unspecified atom stereocenters. The Morgan fingerprint density at radius 3 is 2.29 bits per heavy atom. The number of likely N-dealkylation sites (N-methyl/N-ethyl adjacent to an activating group) is 1. The molecule has 0 aliphatic heterocycles. The van der Waals surface area contributed by atoms with Crippen molar-refractivity contribution >= 4 is 17.2 Å². The number of nitrogens with zero attached hydrogens (tertiary/aromatic N) is 1. The van der Waals surface area contributed by atoms with Gasteiger partial charge in [0.25, 0.3) is 0 Å². The van der Waals surface area contributed by atoms with Crippen LogP contribution in [0.2, 0.25) is 0 Å². The number of halogens is 1. The highest BCUT2D eigenvalue weighted by atomic mass is 19.1. The molecule has 1 N–H and O–H groups in total. The summed E-state index contributed by atoms with van der Waals surface area (Å²) in [6.07, 6.45) is 2.50. The third-order valence-electron chi connectivity index (χ3n) is 3.72. The lowest BCUT2D eigenvalue weighted by atomic mass is 10.1. The standard InChI is InChI=1S/C20H23FN2O/c1-15(17-6-8-18(21)9-7-17)14-20(24)22-19-10-4-16(5-11-19)12-13-23(2)3/h4-11,14H,12-13H2,1-3H3,(H,22,24)/b15-14-. The van der Waals surface area contributed by atoms with Gasteiger partial charge in [-0.05, 0) is 68.4 Å². The third kappa shape index (κ3) is 5.63. The minimum atomic E-state index is -0.287. The van der Waals surface area contributed by atoms with E-state index in [-0.39, 0.29) is 11.7 Å². The van der Waals surface area contributed by atoms with Gasteiger partial charge >= 0.3 is 0 Å². The van der Waals surface area contributed by atoms with E-state index in [1.54, 1.807) is 12.1 Å². The third-order valence-corrected chi connectivity index (χ3v) is 3.72. The number of carbonyl (C=O) groups is 1. The summed E-state index contributed by atoms with van der Waals surface area (Å²) in [6.45, 7) is 2.82.